The summed E-state index contributed by atoms with van der Waals surface area (Å²) in [5.74, 6) is 0.794. The summed E-state index contributed by atoms with van der Waals surface area (Å²) < 4.78 is 4.81. The molecule has 2 N–H and O–H groups in total. The maximum atomic E-state index is 11.1. The maximum absolute atomic E-state index is 11.1. The highest BCUT2D eigenvalue weighted by atomic mass is 16.5. The van der Waals surface area contributed by atoms with Crippen LogP contribution in [0.1, 0.15) is 13.3 Å². The van der Waals surface area contributed by atoms with E-state index >= 15 is 0 Å². The van der Waals surface area contributed by atoms with Gasteiger partial charge in [-0.15, -0.1) is 0 Å². The molecule has 0 aliphatic heterocycles. The molecule has 0 saturated heterocycles. The lowest BCUT2D eigenvalue weighted by Gasteiger charge is -2.04. The predicted octanol–water partition coefficient (Wildman–Crippen LogP) is -0.253. The average molecular weight is 186 g/mol. The fourth-order valence-electron chi connectivity index (χ4n) is 1.19. The van der Waals surface area contributed by atoms with Crippen molar-refractivity contribution in [2.24, 2.45) is 5.92 Å². The highest BCUT2D eigenvalue weighted by Crippen LogP contribution is 2.28. The molecule has 0 heterocycles. The molecule has 0 aromatic carbocycles. The van der Waals surface area contributed by atoms with Crippen molar-refractivity contribution in [1.29, 1.82) is 0 Å². The van der Waals surface area contributed by atoms with Crippen LogP contribution in [-0.4, -0.2) is 38.8 Å². The first kappa shape index (κ1) is 10.5. The summed E-state index contributed by atoms with van der Waals surface area (Å²) in [5.41, 5.74) is 0. The minimum atomic E-state index is 0.0520. The number of nitrogens with one attached hydrogen (secondary N) is 2. The Morgan fingerprint density at radius 3 is 2.85 bits per heavy atom. The minimum absolute atomic E-state index is 0.0520. The van der Waals surface area contributed by atoms with E-state index < -0.39 is 0 Å². The minimum Gasteiger partial charge on any atom is -0.383 e. The van der Waals surface area contributed by atoms with E-state index in [1.807, 2.05) is 0 Å². The standard InChI is InChI=1S/C9H18N2O2/c1-7-5-8(7)11-6-9(12)10-3-4-13-2/h7-8,11H,3-6H2,1-2H3,(H,10,12). The zero-order chi connectivity index (χ0) is 9.68. The van der Waals surface area contributed by atoms with E-state index in [1.54, 1.807) is 7.11 Å². The lowest BCUT2D eigenvalue weighted by Crippen LogP contribution is -2.36. The largest absolute Gasteiger partial charge is 0.383 e. The van der Waals surface area contributed by atoms with Crippen molar-refractivity contribution in [3.63, 3.8) is 0 Å². The van der Waals surface area contributed by atoms with Crippen molar-refractivity contribution in [3.8, 4) is 0 Å². The van der Waals surface area contributed by atoms with E-state index in [2.05, 4.69) is 17.6 Å². The zero-order valence-corrected chi connectivity index (χ0v) is 8.30. The van der Waals surface area contributed by atoms with Gasteiger partial charge < -0.3 is 15.4 Å². The molecule has 1 rings (SSSR count). The number of carbonyl (C=O) groups is 1. The molecule has 1 amide bonds. The van der Waals surface area contributed by atoms with E-state index in [9.17, 15) is 4.79 Å². The quantitative estimate of drug-likeness (QED) is 0.562. The second kappa shape index (κ2) is 5.19. The van der Waals surface area contributed by atoms with Crippen LogP contribution in [0.4, 0.5) is 0 Å². The normalized spacial score (nSPS) is 25.7. The van der Waals surface area contributed by atoms with Crippen LogP contribution in [0.2, 0.25) is 0 Å². The average Bonchev–Trinajstić information content (AvgIpc) is 2.79. The van der Waals surface area contributed by atoms with Crippen molar-refractivity contribution in [2.75, 3.05) is 26.8 Å². The molecular weight excluding hydrogens is 168 g/mol. The van der Waals surface area contributed by atoms with Gasteiger partial charge in [0.25, 0.3) is 0 Å². The fourth-order valence-corrected chi connectivity index (χ4v) is 1.19. The van der Waals surface area contributed by atoms with E-state index in [0.717, 1.165) is 5.92 Å². The van der Waals surface area contributed by atoms with Crippen molar-refractivity contribution in [1.82, 2.24) is 10.6 Å². The Labute approximate surface area is 79.0 Å². The summed E-state index contributed by atoms with van der Waals surface area (Å²) in [6.07, 6.45) is 1.20. The predicted molar refractivity (Wildman–Crippen MR) is 50.5 cm³/mol. The van der Waals surface area contributed by atoms with Crippen LogP contribution in [-0.2, 0) is 9.53 Å². The molecule has 76 valence electrons. The molecule has 1 saturated carbocycles. The van der Waals surface area contributed by atoms with Crippen molar-refractivity contribution in [2.45, 2.75) is 19.4 Å². The van der Waals surface area contributed by atoms with Crippen molar-refractivity contribution < 1.29 is 9.53 Å². The van der Waals surface area contributed by atoms with E-state index in [1.165, 1.54) is 6.42 Å². The Balaban J connectivity index is 1.92. The molecule has 0 bridgehead atoms. The molecule has 0 radical (unpaired) electrons. The van der Waals surface area contributed by atoms with Crippen LogP contribution in [0.25, 0.3) is 0 Å². The molecule has 4 nitrogen and oxygen atoms in total. The molecule has 2 unspecified atom stereocenters. The van der Waals surface area contributed by atoms with Crippen LogP contribution in [0.5, 0.6) is 0 Å². The first-order valence-corrected chi connectivity index (χ1v) is 4.73. The summed E-state index contributed by atoms with van der Waals surface area (Å²) in [5, 5.41) is 5.94. The van der Waals surface area contributed by atoms with Gasteiger partial charge in [-0.1, -0.05) is 6.92 Å². The third-order valence-electron chi connectivity index (χ3n) is 2.26. The fraction of sp³-hybridized carbons (Fsp3) is 0.889. The number of ether oxygens (including phenoxy) is 1. The lowest BCUT2D eigenvalue weighted by atomic mass is 10.4. The summed E-state index contributed by atoms with van der Waals surface area (Å²) in [6.45, 7) is 3.78. The molecule has 0 aromatic heterocycles. The Kier molecular flexibility index (Phi) is 4.18. The van der Waals surface area contributed by atoms with E-state index in [-0.39, 0.29) is 5.91 Å². The van der Waals surface area contributed by atoms with Crippen LogP contribution in [0, 0.1) is 5.92 Å². The highest BCUT2D eigenvalue weighted by Gasteiger charge is 2.31. The lowest BCUT2D eigenvalue weighted by molar-refractivity contribution is -0.120. The third-order valence-corrected chi connectivity index (χ3v) is 2.26. The third kappa shape index (κ3) is 4.24. The Hall–Kier alpha value is -0.610. The molecule has 4 heteroatoms. The number of hydrogen-bond donors (Lipinski definition) is 2. The first-order valence-electron chi connectivity index (χ1n) is 4.73. The van der Waals surface area contributed by atoms with Gasteiger partial charge in [0.1, 0.15) is 0 Å². The highest BCUT2D eigenvalue weighted by molar-refractivity contribution is 5.78. The number of carbonyl (C=O) groups excluding carboxylic acids is 1. The van der Waals surface area contributed by atoms with Crippen LogP contribution in [0.15, 0.2) is 0 Å². The van der Waals surface area contributed by atoms with E-state index in [0.29, 0.717) is 25.7 Å². The van der Waals surface area contributed by atoms with Gasteiger partial charge in [0.2, 0.25) is 5.91 Å². The number of hydrogen-bond acceptors (Lipinski definition) is 3. The van der Waals surface area contributed by atoms with Gasteiger partial charge in [-0.2, -0.15) is 0 Å². The van der Waals surface area contributed by atoms with Gasteiger partial charge in [-0.3, -0.25) is 4.79 Å². The van der Waals surface area contributed by atoms with Gasteiger partial charge >= 0.3 is 0 Å². The number of rotatable bonds is 6. The Morgan fingerprint density at radius 2 is 2.31 bits per heavy atom. The summed E-state index contributed by atoms with van der Waals surface area (Å²) in [7, 11) is 1.62. The van der Waals surface area contributed by atoms with Crippen molar-refractivity contribution in [3.05, 3.63) is 0 Å². The second-order valence-corrected chi connectivity index (χ2v) is 3.54. The summed E-state index contributed by atoms with van der Waals surface area (Å²) in [6, 6.07) is 0.563. The number of amides is 1. The van der Waals surface area contributed by atoms with Gasteiger partial charge in [0.05, 0.1) is 13.2 Å². The van der Waals surface area contributed by atoms with Gasteiger partial charge in [-0.25, -0.2) is 0 Å². The Bertz CT molecular complexity index is 173. The van der Waals surface area contributed by atoms with Crippen LogP contribution < -0.4 is 10.6 Å². The topological polar surface area (TPSA) is 50.4 Å². The summed E-state index contributed by atoms with van der Waals surface area (Å²) in [4.78, 5) is 11.1. The van der Waals surface area contributed by atoms with E-state index in [4.69, 9.17) is 4.74 Å². The molecule has 0 aromatic rings. The van der Waals surface area contributed by atoms with Crippen LogP contribution >= 0.6 is 0 Å². The molecule has 1 fully saturated rings. The summed E-state index contributed by atoms with van der Waals surface area (Å²) >= 11 is 0. The Morgan fingerprint density at radius 1 is 1.62 bits per heavy atom. The molecule has 1 aliphatic carbocycles. The molecule has 13 heavy (non-hydrogen) atoms. The number of methoxy groups -OCH3 is 1. The van der Waals surface area contributed by atoms with Crippen molar-refractivity contribution >= 4 is 5.91 Å². The second-order valence-electron chi connectivity index (χ2n) is 3.54. The molecule has 1 aliphatic rings. The molecule has 0 spiro atoms. The SMILES string of the molecule is COCCNC(=O)CNC1CC1C. The monoisotopic (exact) mass is 186 g/mol. The van der Waals surface area contributed by atoms with Crippen LogP contribution in [0.3, 0.4) is 0 Å². The molecule has 2 atom stereocenters. The van der Waals surface area contributed by atoms with Gasteiger partial charge in [0.15, 0.2) is 0 Å². The zero-order valence-electron chi connectivity index (χ0n) is 8.30. The maximum Gasteiger partial charge on any atom is 0.234 e. The molecular formula is C9H18N2O2. The smallest absolute Gasteiger partial charge is 0.234 e. The van der Waals surface area contributed by atoms with Gasteiger partial charge in [0, 0.05) is 19.7 Å². The van der Waals surface area contributed by atoms with Gasteiger partial charge in [-0.05, 0) is 12.3 Å². The first-order chi connectivity index (χ1) is 6.24.